The first-order valence-corrected chi connectivity index (χ1v) is 10.9. The van der Waals surface area contributed by atoms with Crippen molar-refractivity contribution in [2.75, 3.05) is 6.61 Å². The summed E-state index contributed by atoms with van der Waals surface area (Å²) in [5, 5.41) is 9.20. The van der Waals surface area contributed by atoms with Crippen molar-refractivity contribution >= 4 is 39.3 Å². The number of carbonyl (C=O) groups is 1. The van der Waals surface area contributed by atoms with Gasteiger partial charge in [-0.15, -0.1) is 0 Å². The van der Waals surface area contributed by atoms with E-state index in [0.29, 0.717) is 24.3 Å². The number of para-hydroxylation sites is 1. The number of fused-ring (bicyclic) bond motifs is 3. The third-order valence-electron chi connectivity index (χ3n) is 4.96. The standard InChI is InChI=1S/C19H16Cl2O7S/c20-12-5-4-10(8-13(12)21)29(24,25)28-15-7-6-14-18(15)11-2-1-3-16(19(11)27-14)26-9-17(22)23/h1-5,8,14-15,18H,6-7,9H2,(H,22,23). The lowest BCUT2D eigenvalue weighted by atomic mass is 9.95. The van der Waals surface area contributed by atoms with Crippen LogP contribution in [0.5, 0.6) is 11.5 Å². The molecule has 1 aliphatic heterocycles. The molecule has 2 aliphatic rings. The first kappa shape index (κ1) is 20.3. The number of benzene rings is 2. The van der Waals surface area contributed by atoms with E-state index in [9.17, 15) is 13.2 Å². The smallest absolute Gasteiger partial charge is 0.341 e. The van der Waals surface area contributed by atoms with Crippen LogP contribution in [0, 0.1) is 0 Å². The lowest BCUT2D eigenvalue weighted by Gasteiger charge is -2.18. The monoisotopic (exact) mass is 458 g/mol. The van der Waals surface area contributed by atoms with Crippen LogP contribution in [0.3, 0.4) is 0 Å². The van der Waals surface area contributed by atoms with Crippen molar-refractivity contribution in [1.82, 2.24) is 0 Å². The van der Waals surface area contributed by atoms with Crippen LogP contribution in [0.4, 0.5) is 0 Å². The van der Waals surface area contributed by atoms with E-state index >= 15 is 0 Å². The molecule has 0 aromatic heterocycles. The Hall–Kier alpha value is -2.00. The Kier molecular flexibility index (Phi) is 5.37. The van der Waals surface area contributed by atoms with E-state index in [1.165, 1.54) is 18.2 Å². The van der Waals surface area contributed by atoms with E-state index in [-0.39, 0.29) is 27.0 Å². The van der Waals surface area contributed by atoms with Crippen molar-refractivity contribution < 1.29 is 32.0 Å². The molecular formula is C19H16Cl2O7S. The summed E-state index contributed by atoms with van der Waals surface area (Å²) in [5.41, 5.74) is 0.740. The lowest BCUT2D eigenvalue weighted by molar-refractivity contribution is -0.139. The zero-order valence-electron chi connectivity index (χ0n) is 14.9. The molecule has 7 nitrogen and oxygen atoms in total. The second kappa shape index (κ2) is 7.68. The molecule has 1 fully saturated rings. The van der Waals surface area contributed by atoms with Gasteiger partial charge in [-0.05, 0) is 37.1 Å². The van der Waals surface area contributed by atoms with Gasteiger partial charge >= 0.3 is 5.97 Å². The summed E-state index contributed by atoms with van der Waals surface area (Å²) in [6, 6.07) is 9.13. The summed E-state index contributed by atoms with van der Waals surface area (Å²) in [7, 11) is -4.06. The number of halogens is 2. The molecule has 2 aromatic rings. The maximum atomic E-state index is 12.7. The summed E-state index contributed by atoms with van der Waals surface area (Å²) in [6.07, 6.45) is 0.193. The molecule has 29 heavy (non-hydrogen) atoms. The zero-order chi connectivity index (χ0) is 20.8. The molecule has 154 valence electrons. The molecule has 3 atom stereocenters. The van der Waals surface area contributed by atoms with Gasteiger partial charge in [0.1, 0.15) is 6.10 Å². The first-order valence-electron chi connectivity index (χ1n) is 8.79. The molecule has 4 rings (SSSR count). The summed E-state index contributed by atoms with van der Waals surface area (Å²) in [5.74, 6) is -0.667. The summed E-state index contributed by atoms with van der Waals surface area (Å²) < 4.78 is 42.3. The average Bonchev–Trinajstić information content (AvgIpc) is 3.22. The average molecular weight is 459 g/mol. The number of aliphatic carboxylic acids is 1. The van der Waals surface area contributed by atoms with Gasteiger partial charge < -0.3 is 14.6 Å². The molecule has 1 aliphatic carbocycles. The van der Waals surface area contributed by atoms with Gasteiger partial charge in [-0.25, -0.2) is 4.79 Å². The number of hydrogen-bond donors (Lipinski definition) is 1. The third kappa shape index (κ3) is 3.90. The van der Waals surface area contributed by atoms with Crippen LogP contribution in [0.15, 0.2) is 41.3 Å². The highest BCUT2D eigenvalue weighted by molar-refractivity contribution is 7.86. The van der Waals surface area contributed by atoms with Crippen molar-refractivity contribution in [2.24, 2.45) is 0 Å². The predicted octanol–water partition coefficient (Wildman–Crippen LogP) is 3.87. The molecule has 3 unspecified atom stereocenters. The normalized spacial score (nSPS) is 22.6. The Balaban J connectivity index is 1.59. The Bertz CT molecular complexity index is 1070. The van der Waals surface area contributed by atoms with E-state index in [4.69, 9.17) is 42.0 Å². The van der Waals surface area contributed by atoms with Gasteiger partial charge in [0.2, 0.25) is 0 Å². The van der Waals surface area contributed by atoms with Gasteiger partial charge in [0, 0.05) is 5.56 Å². The molecule has 1 heterocycles. The largest absolute Gasteiger partial charge is 0.485 e. The van der Waals surface area contributed by atoms with E-state index in [0.717, 1.165) is 5.56 Å². The topological polar surface area (TPSA) is 99.1 Å². The van der Waals surface area contributed by atoms with Crippen molar-refractivity contribution in [3.8, 4) is 11.5 Å². The van der Waals surface area contributed by atoms with Gasteiger partial charge in [-0.3, -0.25) is 4.18 Å². The van der Waals surface area contributed by atoms with Gasteiger partial charge in [-0.1, -0.05) is 35.3 Å². The van der Waals surface area contributed by atoms with Crippen LogP contribution in [0.2, 0.25) is 10.0 Å². The third-order valence-corrected chi connectivity index (χ3v) is 7.03. The van der Waals surface area contributed by atoms with Crippen LogP contribution in [0.25, 0.3) is 0 Å². The molecule has 1 N–H and O–H groups in total. The maximum Gasteiger partial charge on any atom is 0.341 e. The fraction of sp³-hybridized carbons (Fsp3) is 0.316. The SMILES string of the molecule is O=C(O)COc1cccc2c1OC1CCC(OS(=O)(=O)c3ccc(Cl)c(Cl)c3)C21. The molecule has 0 amide bonds. The Morgan fingerprint density at radius 3 is 2.69 bits per heavy atom. The Morgan fingerprint density at radius 1 is 1.17 bits per heavy atom. The highest BCUT2D eigenvalue weighted by atomic mass is 35.5. The molecule has 0 spiro atoms. The molecule has 0 saturated heterocycles. The number of carboxylic acids is 1. The number of carboxylic acid groups (broad SMARTS) is 1. The van der Waals surface area contributed by atoms with Crippen LogP contribution in [0.1, 0.15) is 24.3 Å². The molecule has 0 radical (unpaired) electrons. The van der Waals surface area contributed by atoms with Gasteiger partial charge in [0.05, 0.1) is 27.0 Å². The number of rotatable bonds is 6. The highest BCUT2D eigenvalue weighted by Gasteiger charge is 2.48. The Labute approximate surface area is 177 Å². The van der Waals surface area contributed by atoms with Crippen molar-refractivity contribution in [3.05, 3.63) is 52.0 Å². The minimum absolute atomic E-state index is 0.0759. The van der Waals surface area contributed by atoms with E-state index in [1.807, 2.05) is 0 Å². The quantitative estimate of drug-likeness (QED) is 0.655. The fourth-order valence-electron chi connectivity index (χ4n) is 3.74. The second-order valence-corrected chi connectivity index (χ2v) is 9.17. The van der Waals surface area contributed by atoms with Crippen LogP contribution >= 0.6 is 23.2 Å². The van der Waals surface area contributed by atoms with Gasteiger partial charge in [0.15, 0.2) is 18.1 Å². The molecule has 2 aromatic carbocycles. The summed E-state index contributed by atoms with van der Waals surface area (Å²) in [6.45, 7) is -0.499. The minimum atomic E-state index is -4.06. The lowest BCUT2D eigenvalue weighted by Crippen LogP contribution is -2.24. The van der Waals surface area contributed by atoms with Crippen molar-refractivity contribution in [3.63, 3.8) is 0 Å². The number of ether oxygens (including phenoxy) is 2. The van der Waals surface area contributed by atoms with E-state index in [2.05, 4.69) is 0 Å². The fourth-order valence-corrected chi connectivity index (χ4v) is 5.26. The van der Waals surface area contributed by atoms with E-state index in [1.54, 1.807) is 18.2 Å². The predicted molar refractivity (Wildman–Crippen MR) is 104 cm³/mol. The first-order chi connectivity index (χ1) is 13.8. The van der Waals surface area contributed by atoms with E-state index < -0.39 is 28.8 Å². The van der Waals surface area contributed by atoms with Crippen LogP contribution < -0.4 is 9.47 Å². The molecule has 0 bridgehead atoms. The van der Waals surface area contributed by atoms with Crippen molar-refractivity contribution in [1.29, 1.82) is 0 Å². The zero-order valence-corrected chi connectivity index (χ0v) is 17.2. The van der Waals surface area contributed by atoms with Gasteiger partial charge in [0.25, 0.3) is 10.1 Å². The van der Waals surface area contributed by atoms with Crippen molar-refractivity contribution in [2.45, 2.75) is 35.9 Å². The Morgan fingerprint density at radius 2 is 1.97 bits per heavy atom. The molecule has 1 saturated carbocycles. The summed E-state index contributed by atoms with van der Waals surface area (Å²) >= 11 is 11.8. The van der Waals surface area contributed by atoms with Gasteiger partial charge in [-0.2, -0.15) is 8.42 Å². The highest BCUT2D eigenvalue weighted by Crippen LogP contribution is 2.52. The molecular weight excluding hydrogens is 443 g/mol. The molecule has 10 heteroatoms. The summed E-state index contributed by atoms with van der Waals surface area (Å²) in [4.78, 5) is 10.7. The van der Waals surface area contributed by atoms with Crippen LogP contribution in [-0.4, -0.2) is 38.3 Å². The number of hydrogen-bond acceptors (Lipinski definition) is 6. The minimum Gasteiger partial charge on any atom is -0.485 e. The van der Waals surface area contributed by atoms with Crippen LogP contribution in [-0.2, 0) is 19.1 Å². The maximum absolute atomic E-state index is 12.7. The second-order valence-electron chi connectivity index (χ2n) is 6.78.